The molecule has 0 atom stereocenters. The third-order valence-electron chi connectivity index (χ3n) is 0.431. The molecule has 0 aromatic rings. The number of rotatable bonds is 2. The molecule has 44 valence electrons. The van der Waals surface area contributed by atoms with Gasteiger partial charge in [0.2, 0.25) is 0 Å². The highest BCUT2D eigenvalue weighted by atomic mass is 14.9. The van der Waals surface area contributed by atoms with E-state index in [-0.39, 0.29) is 0 Å². The molecule has 0 fully saturated rings. The minimum atomic E-state index is 0.718. The molecule has 0 radical (unpaired) electrons. The van der Waals surface area contributed by atoms with E-state index in [1.165, 1.54) is 12.7 Å². The highest BCUT2D eigenvalue weighted by Crippen LogP contribution is 1.83. The summed E-state index contributed by atoms with van der Waals surface area (Å²) in [5, 5.41) is 0. The lowest BCUT2D eigenvalue weighted by atomic mass is 10.6. The fraction of sp³-hybridized carbons (Fsp3) is 0.200. The number of aliphatic imine (C=N–C) groups is 2. The Kier molecular flexibility index (Phi) is 3.48. The van der Waals surface area contributed by atoms with Crippen molar-refractivity contribution in [3.63, 3.8) is 0 Å². The average Bonchev–Trinajstić information content (AvgIpc) is 1.66. The predicted octanol–water partition coefficient (Wildman–Crippen LogP) is 0.535. The van der Waals surface area contributed by atoms with Crippen molar-refractivity contribution in [2.75, 3.05) is 0 Å². The van der Waals surface area contributed by atoms with Crippen LogP contribution in [0.25, 0.3) is 0 Å². The second-order valence-electron chi connectivity index (χ2n) is 1.28. The summed E-state index contributed by atoms with van der Waals surface area (Å²) < 4.78 is 0. The Morgan fingerprint density at radius 3 is 2.75 bits per heavy atom. The normalized spacial score (nSPS) is 11.1. The fourth-order valence-corrected chi connectivity index (χ4v) is 0.170. The van der Waals surface area contributed by atoms with Gasteiger partial charge < -0.3 is 5.73 Å². The molecular formula is C5H9N3. The van der Waals surface area contributed by atoms with Crippen molar-refractivity contribution in [3.05, 3.63) is 12.3 Å². The first kappa shape index (κ1) is 6.88. The molecule has 0 aliphatic heterocycles. The van der Waals surface area contributed by atoms with Gasteiger partial charge in [-0.3, -0.25) is 0 Å². The standard InChI is InChI=1S/C5H9N3/c1-5(2)8-4-7-3-6/h3-4H,1H2,2H3,(H2,6,7,8). The average molecular weight is 111 g/mol. The Morgan fingerprint density at radius 2 is 2.38 bits per heavy atom. The maximum atomic E-state index is 4.90. The van der Waals surface area contributed by atoms with Crippen LogP contribution in [-0.2, 0) is 0 Å². The molecule has 0 rings (SSSR count). The summed E-state index contributed by atoms with van der Waals surface area (Å²) in [5.41, 5.74) is 5.62. The fourth-order valence-electron chi connectivity index (χ4n) is 0.170. The van der Waals surface area contributed by atoms with Gasteiger partial charge in [-0.2, -0.15) is 0 Å². The van der Waals surface area contributed by atoms with Gasteiger partial charge in [0.25, 0.3) is 0 Å². The predicted molar refractivity (Wildman–Crippen MR) is 36.0 cm³/mol. The second-order valence-corrected chi connectivity index (χ2v) is 1.28. The maximum absolute atomic E-state index is 4.90. The first-order valence-corrected chi connectivity index (χ1v) is 2.19. The molecule has 0 saturated heterocycles. The molecule has 0 heterocycles. The van der Waals surface area contributed by atoms with Crippen LogP contribution in [0.2, 0.25) is 0 Å². The van der Waals surface area contributed by atoms with Crippen LogP contribution < -0.4 is 5.73 Å². The molecule has 2 N–H and O–H groups in total. The molecule has 0 bridgehead atoms. The minimum Gasteiger partial charge on any atom is -0.390 e. The summed E-state index contributed by atoms with van der Waals surface area (Å²) in [5.74, 6) is 0. The number of hydrogen-bond acceptors (Lipinski definition) is 1. The number of allylic oxidation sites excluding steroid dienone is 1. The van der Waals surface area contributed by atoms with Crippen molar-refractivity contribution < 1.29 is 0 Å². The Hall–Kier alpha value is -1.12. The SMILES string of the molecule is C=C(C)/N=C\N=C/N. The van der Waals surface area contributed by atoms with E-state index in [0.717, 1.165) is 5.70 Å². The van der Waals surface area contributed by atoms with Crippen molar-refractivity contribution in [3.8, 4) is 0 Å². The van der Waals surface area contributed by atoms with Gasteiger partial charge in [0.15, 0.2) is 0 Å². The molecular weight excluding hydrogens is 102 g/mol. The van der Waals surface area contributed by atoms with Gasteiger partial charge in [-0.1, -0.05) is 6.58 Å². The van der Waals surface area contributed by atoms with Gasteiger partial charge in [0, 0.05) is 5.70 Å². The lowest BCUT2D eigenvalue weighted by molar-refractivity contribution is 1.33. The Balaban J connectivity index is 3.50. The van der Waals surface area contributed by atoms with Crippen molar-refractivity contribution in [1.82, 2.24) is 0 Å². The largest absolute Gasteiger partial charge is 0.390 e. The van der Waals surface area contributed by atoms with E-state index in [4.69, 9.17) is 5.73 Å². The van der Waals surface area contributed by atoms with Crippen molar-refractivity contribution in [2.45, 2.75) is 6.92 Å². The highest BCUT2D eigenvalue weighted by molar-refractivity contribution is 5.70. The van der Waals surface area contributed by atoms with Gasteiger partial charge in [-0.15, -0.1) is 0 Å². The quantitative estimate of drug-likeness (QED) is 0.410. The van der Waals surface area contributed by atoms with Gasteiger partial charge in [-0.05, 0) is 6.92 Å². The molecule has 0 aromatic heterocycles. The molecule has 0 spiro atoms. The van der Waals surface area contributed by atoms with Crippen LogP contribution in [0.4, 0.5) is 0 Å². The van der Waals surface area contributed by atoms with E-state index in [2.05, 4.69) is 16.6 Å². The first-order chi connectivity index (χ1) is 3.77. The van der Waals surface area contributed by atoms with Crippen molar-refractivity contribution in [1.29, 1.82) is 0 Å². The summed E-state index contributed by atoms with van der Waals surface area (Å²) in [6, 6.07) is 0. The number of nitrogens with two attached hydrogens (primary N) is 1. The van der Waals surface area contributed by atoms with Gasteiger partial charge in [-0.25, -0.2) is 9.98 Å². The third kappa shape index (κ3) is 4.88. The molecule has 0 aliphatic carbocycles. The monoisotopic (exact) mass is 111 g/mol. The van der Waals surface area contributed by atoms with Crippen LogP contribution in [0.1, 0.15) is 6.92 Å². The summed E-state index contributed by atoms with van der Waals surface area (Å²) in [7, 11) is 0. The maximum Gasteiger partial charge on any atom is 0.117 e. The summed E-state index contributed by atoms with van der Waals surface area (Å²) in [4.78, 5) is 7.23. The molecule has 0 amide bonds. The Morgan fingerprint density at radius 1 is 1.75 bits per heavy atom. The zero-order valence-electron chi connectivity index (χ0n) is 4.83. The van der Waals surface area contributed by atoms with Gasteiger partial charge in [0.05, 0.1) is 6.34 Å². The second kappa shape index (κ2) is 4.05. The van der Waals surface area contributed by atoms with E-state index in [0.29, 0.717) is 0 Å². The van der Waals surface area contributed by atoms with Gasteiger partial charge >= 0.3 is 0 Å². The number of nitrogens with zero attached hydrogens (tertiary/aromatic N) is 2. The lowest BCUT2D eigenvalue weighted by Gasteiger charge is -1.78. The Labute approximate surface area is 48.6 Å². The molecule has 3 heteroatoms. The summed E-state index contributed by atoms with van der Waals surface area (Å²) in [6.45, 7) is 5.29. The topological polar surface area (TPSA) is 50.7 Å². The molecule has 3 nitrogen and oxygen atoms in total. The van der Waals surface area contributed by atoms with Crippen molar-refractivity contribution >= 4 is 12.7 Å². The lowest BCUT2D eigenvalue weighted by Crippen LogP contribution is -1.87. The van der Waals surface area contributed by atoms with E-state index in [9.17, 15) is 0 Å². The molecule has 0 unspecified atom stereocenters. The minimum absolute atomic E-state index is 0.718. The Bertz CT molecular complexity index is 124. The highest BCUT2D eigenvalue weighted by Gasteiger charge is 1.67. The molecule has 0 aliphatic rings. The van der Waals surface area contributed by atoms with Crippen LogP contribution in [0, 0.1) is 0 Å². The van der Waals surface area contributed by atoms with Crippen molar-refractivity contribution in [2.24, 2.45) is 15.7 Å². The van der Waals surface area contributed by atoms with E-state index >= 15 is 0 Å². The van der Waals surface area contributed by atoms with Gasteiger partial charge in [0.1, 0.15) is 6.34 Å². The molecule has 0 aromatic carbocycles. The summed E-state index contributed by atoms with van der Waals surface area (Å²) >= 11 is 0. The van der Waals surface area contributed by atoms with Crippen LogP contribution in [0.15, 0.2) is 22.3 Å². The summed E-state index contributed by atoms with van der Waals surface area (Å²) in [6.07, 6.45) is 2.52. The van der Waals surface area contributed by atoms with Crippen LogP contribution >= 0.6 is 0 Å². The zero-order valence-corrected chi connectivity index (χ0v) is 4.83. The number of hydrogen-bond donors (Lipinski definition) is 1. The zero-order chi connectivity index (χ0) is 6.41. The van der Waals surface area contributed by atoms with Crippen LogP contribution in [-0.4, -0.2) is 12.7 Å². The van der Waals surface area contributed by atoms with Crippen LogP contribution in [0.5, 0.6) is 0 Å². The molecule has 0 saturated carbocycles. The molecule has 8 heavy (non-hydrogen) atoms. The van der Waals surface area contributed by atoms with E-state index in [1.54, 1.807) is 6.92 Å². The van der Waals surface area contributed by atoms with Crippen LogP contribution in [0.3, 0.4) is 0 Å². The van der Waals surface area contributed by atoms with E-state index < -0.39 is 0 Å². The van der Waals surface area contributed by atoms with E-state index in [1.807, 2.05) is 0 Å². The smallest absolute Gasteiger partial charge is 0.117 e. The third-order valence-corrected chi connectivity index (χ3v) is 0.431. The first-order valence-electron chi connectivity index (χ1n) is 2.19.